The summed E-state index contributed by atoms with van der Waals surface area (Å²) in [5.41, 5.74) is -0.170. The molecule has 5 heteroatoms. The molecule has 0 aromatic carbocycles. The van der Waals surface area contributed by atoms with Crippen LogP contribution in [0.2, 0.25) is 0 Å². The van der Waals surface area contributed by atoms with Gasteiger partial charge in [-0.1, -0.05) is 0 Å². The average molecular weight is 230 g/mol. The lowest BCUT2D eigenvalue weighted by molar-refractivity contribution is 1.04. The molecule has 4 nitrogen and oxygen atoms in total. The van der Waals surface area contributed by atoms with Gasteiger partial charge in [-0.2, -0.15) is 0 Å². The van der Waals surface area contributed by atoms with Crippen molar-refractivity contribution < 1.29 is 0 Å². The zero-order chi connectivity index (χ0) is 8.55. The summed E-state index contributed by atoms with van der Waals surface area (Å²) >= 11 is 3.13. The monoisotopic (exact) mass is 229 g/mol. The van der Waals surface area contributed by atoms with Crippen molar-refractivity contribution >= 4 is 21.7 Å². The maximum Gasteiger partial charge on any atom is 0.291 e. The van der Waals surface area contributed by atoms with E-state index in [2.05, 4.69) is 31.2 Å². The number of hydrogen-bond acceptors (Lipinski definition) is 3. The largest absolute Gasteiger partial charge is 0.363 e. The van der Waals surface area contributed by atoms with Crippen molar-refractivity contribution in [2.24, 2.45) is 0 Å². The SMILES string of the molecule is O=c1[nH]c(Br)cnc1NC1CC1. The van der Waals surface area contributed by atoms with E-state index in [-0.39, 0.29) is 5.56 Å². The van der Waals surface area contributed by atoms with Crippen LogP contribution in [0.25, 0.3) is 0 Å². The van der Waals surface area contributed by atoms with Crippen molar-refractivity contribution in [1.82, 2.24) is 9.97 Å². The molecule has 0 radical (unpaired) electrons. The lowest BCUT2D eigenvalue weighted by Crippen LogP contribution is -2.17. The molecule has 1 fully saturated rings. The van der Waals surface area contributed by atoms with E-state index in [1.165, 1.54) is 0 Å². The number of rotatable bonds is 2. The second-order valence-electron chi connectivity index (χ2n) is 2.83. The van der Waals surface area contributed by atoms with E-state index in [1.54, 1.807) is 6.20 Å². The van der Waals surface area contributed by atoms with Crippen LogP contribution in [-0.2, 0) is 0 Å². The lowest BCUT2D eigenvalue weighted by Gasteiger charge is -2.00. The molecule has 0 atom stereocenters. The number of halogens is 1. The van der Waals surface area contributed by atoms with Crippen LogP contribution in [0.3, 0.4) is 0 Å². The normalized spacial score (nSPS) is 16.1. The number of aromatic amines is 1. The highest BCUT2D eigenvalue weighted by molar-refractivity contribution is 9.10. The highest BCUT2D eigenvalue weighted by Gasteiger charge is 2.22. The molecule has 12 heavy (non-hydrogen) atoms. The molecule has 1 heterocycles. The standard InChI is InChI=1S/C7H8BrN3O/c8-5-3-9-6(7(12)11-5)10-4-1-2-4/h3-4H,1-2H2,(H,9,10)(H,11,12). The van der Waals surface area contributed by atoms with Gasteiger partial charge in [0.25, 0.3) is 5.56 Å². The maximum absolute atomic E-state index is 11.2. The van der Waals surface area contributed by atoms with Crippen molar-refractivity contribution in [1.29, 1.82) is 0 Å². The number of hydrogen-bond donors (Lipinski definition) is 2. The van der Waals surface area contributed by atoms with E-state index >= 15 is 0 Å². The number of nitrogens with one attached hydrogen (secondary N) is 2. The number of anilines is 1. The van der Waals surface area contributed by atoms with Crippen LogP contribution >= 0.6 is 15.9 Å². The van der Waals surface area contributed by atoms with Gasteiger partial charge in [0.15, 0.2) is 5.82 Å². The van der Waals surface area contributed by atoms with Gasteiger partial charge in [0.1, 0.15) is 4.60 Å². The van der Waals surface area contributed by atoms with Crippen LogP contribution in [0.5, 0.6) is 0 Å². The Labute approximate surface area is 77.5 Å². The van der Waals surface area contributed by atoms with E-state index in [4.69, 9.17) is 0 Å². The first kappa shape index (κ1) is 7.79. The first-order valence-corrected chi connectivity index (χ1v) is 4.56. The second-order valence-corrected chi connectivity index (χ2v) is 3.68. The summed E-state index contributed by atoms with van der Waals surface area (Å²) in [4.78, 5) is 17.8. The van der Waals surface area contributed by atoms with Crippen molar-refractivity contribution in [2.75, 3.05) is 5.32 Å². The molecule has 0 spiro atoms. The van der Waals surface area contributed by atoms with E-state index < -0.39 is 0 Å². The lowest BCUT2D eigenvalue weighted by atomic mass is 10.6. The molecule has 0 amide bonds. The van der Waals surface area contributed by atoms with Gasteiger partial charge >= 0.3 is 0 Å². The van der Waals surface area contributed by atoms with Crippen LogP contribution in [0.1, 0.15) is 12.8 Å². The summed E-state index contributed by atoms with van der Waals surface area (Å²) in [6, 6.07) is 0.458. The van der Waals surface area contributed by atoms with Crippen LogP contribution in [0, 0.1) is 0 Å². The summed E-state index contributed by atoms with van der Waals surface area (Å²) < 4.78 is 0.605. The molecule has 2 N–H and O–H groups in total. The Morgan fingerprint density at radius 1 is 1.67 bits per heavy atom. The minimum absolute atomic E-state index is 0.170. The highest BCUT2D eigenvalue weighted by atomic mass is 79.9. The van der Waals surface area contributed by atoms with E-state index in [1.807, 2.05) is 0 Å². The Balaban J connectivity index is 2.24. The number of nitrogens with zero attached hydrogens (tertiary/aromatic N) is 1. The first-order chi connectivity index (χ1) is 5.75. The van der Waals surface area contributed by atoms with Gasteiger partial charge < -0.3 is 10.3 Å². The third-order valence-electron chi connectivity index (χ3n) is 1.67. The van der Waals surface area contributed by atoms with Crippen molar-refractivity contribution in [3.05, 3.63) is 21.2 Å². The predicted molar refractivity (Wildman–Crippen MR) is 49.2 cm³/mol. The van der Waals surface area contributed by atoms with E-state index in [9.17, 15) is 4.79 Å². The third-order valence-corrected chi connectivity index (χ3v) is 2.08. The van der Waals surface area contributed by atoms with Gasteiger partial charge in [-0.15, -0.1) is 0 Å². The van der Waals surface area contributed by atoms with Gasteiger partial charge in [0.05, 0.1) is 6.20 Å². The van der Waals surface area contributed by atoms with E-state index in [0.29, 0.717) is 16.5 Å². The Bertz CT molecular complexity index is 345. The summed E-state index contributed by atoms with van der Waals surface area (Å²) in [5, 5.41) is 3.04. The summed E-state index contributed by atoms with van der Waals surface area (Å²) in [6.07, 6.45) is 3.85. The zero-order valence-corrected chi connectivity index (χ0v) is 7.89. The van der Waals surface area contributed by atoms with E-state index in [0.717, 1.165) is 12.8 Å². The fourth-order valence-electron chi connectivity index (χ4n) is 0.904. The number of aromatic nitrogens is 2. The molecule has 1 aliphatic carbocycles. The molecule has 1 saturated carbocycles. The number of H-pyrrole nitrogens is 1. The zero-order valence-electron chi connectivity index (χ0n) is 6.30. The minimum Gasteiger partial charge on any atom is -0.363 e. The molecule has 1 aromatic heterocycles. The van der Waals surface area contributed by atoms with Gasteiger partial charge in [-0.05, 0) is 28.8 Å². The van der Waals surface area contributed by atoms with Crippen LogP contribution in [0.4, 0.5) is 5.82 Å². The molecule has 64 valence electrons. The van der Waals surface area contributed by atoms with Gasteiger partial charge in [0.2, 0.25) is 0 Å². The smallest absolute Gasteiger partial charge is 0.291 e. The van der Waals surface area contributed by atoms with Crippen molar-refractivity contribution in [2.45, 2.75) is 18.9 Å². The fourth-order valence-corrected chi connectivity index (χ4v) is 1.19. The van der Waals surface area contributed by atoms with Gasteiger partial charge in [0, 0.05) is 6.04 Å². The van der Waals surface area contributed by atoms with Gasteiger partial charge in [-0.25, -0.2) is 4.98 Å². The Kier molecular flexibility index (Phi) is 1.88. The molecular formula is C7H8BrN3O. The molecule has 0 saturated heterocycles. The quantitative estimate of drug-likeness (QED) is 0.799. The second kappa shape index (κ2) is 2.90. The summed E-state index contributed by atoms with van der Waals surface area (Å²) in [5.74, 6) is 0.417. The van der Waals surface area contributed by atoms with Crippen molar-refractivity contribution in [3.8, 4) is 0 Å². The third kappa shape index (κ3) is 1.66. The first-order valence-electron chi connectivity index (χ1n) is 3.77. The fraction of sp³-hybridized carbons (Fsp3) is 0.429. The topological polar surface area (TPSA) is 57.8 Å². The summed E-state index contributed by atoms with van der Waals surface area (Å²) in [6.45, 7) is 0. The molecule has 1 aliphatic rings. The van der Waals surface area contributed by atoms with Gasteiger partial charge in [-0.3, -0.25) is 4.79 Å². The molecule has 0 unspecified atom stereocenters. The Morgan fingerprint density at radius 2 is 2.42 bits per heavy atom. The molecule has 2 rings (SSSR count). The van der Waals surface area contributed by atoms with Crippen LogP contribution < -0.4 is 10.9 Å². The van der Waals surface area contributed by atoms with Crippen molar-refractivity contribution in [3.63, 3.8) is 0 Å². The molecule has 0 aliphatic heterocycles. The summed E-state index contributed by atoms with van der Waals surface area (Å²) in [7, 11) is 0. The molecular weight excluding hydrogens is 222 g/mol. The van der Waals surface area contributed by atoms with Crippen LogP contribution in [-0.4, -0.2) is 16.0 Å². The van der Waals surface area contributed by atoms with Crippen LogP contribution in [0.15, 0.2) is 15.6 Å². The minimum atomic E-state index is -0.170. The molecule has 0 bridgehead atoms. The molecule has 1 aromatic rings. The average Bonchev–Trinajstić information content (AvgIpc) is 2.79. The Morgan fingerprint density at radius 3 is 3.00 bits per heavy atom. The maximum atomic E-state index is 11.2. The predicted octanol–water partition coefficient (Wildman–Crippen LogP) is 1.11. The Hall–Kier alpha value is -0.840. The highest BCUT2D eigenvalue weighted by Crippen LogP contribution is 2.22.